The van der Waals surface area contributed by atoms with Crippen molar-refractivity contribution in [2.45, 2.75) is 32.6 Å². The zero-order valence-corrected chi connectivity index (χ0v) is 13.2. The van der Waals surface area contributed by atoms with Gasteiger partial charge in [0.2, 0.25) is 0 Å². The van der Waals surface area contributed by atoms with Gasteiger partial charge in [-0.2, -0.15) is 0 Å². The van der Waals surface area contributed by atoms with Gasteiger partial charge in [-0.1, -0.05) is 0 Å². The van der Waals surface area contributed by atoms with Crippen LogP contribution in [0.2, 0.25) is 0 Å². The smallest absolute Gasteiger partial charge is 0.277 e. The second-order valence-electron chi connectivity index (χ2n) is 6.43. The molecule has 4 nitrogen and oxygen atoms in total. The molecular formula is C18H21N3O. The highest BCUT2D eigenvalue weighted by molar-refractivity contribution is 6.13. The van der Waals surface area contributed by atoms with Crippen LogP contribution in [-0.4, -0.2) is 36.8 Å². The summed E-state index contributed by atoms with van der Waals surface area (Å²) in [6.07, 6.45) is 6.69. The number of carbonyl (C=O) groups excluding carboxylic acids is 1. The van der Waals surface area contributed by atoms with Crippen LogP contribution in [0.5, 0.6) is 0 Å². The minimum absolute atomic E-state index is 0.00880. The summed E-state index contributed by atoms with van der Waals surface area (Å²) in [5.41, 5.74) is 6.02. The van der Waals surface area contributed by atoms with E-state index in [2.05, 4.69) is 22.0 Å². The van der Waals surface area contributed by atoms with Gasteiger partial charge in [-0.15, -0.1) is 0 Å². The highest BCUT2D eigenvalue weighted by Gasteiger charge is 2.26. The largest absolute Gasteiger partial charge is 0.371 e. The van der Waals surface area contributed by atoms with Crippen LogP contribution < -0.4 is 4.90 Å². The van der Waals surface area contributed by atoms with E-state index in [0.717, 1.165) is 24.2 Å². The zero-order chi connectivity index (χ0) is 15.3. The first kappa shape index (κ1) is 13.6. The number of amidine groups is 1. The minimum atomic E-state index is -0.00880. The third-order valence-electron chi connectivity index (χ3n) is 4.95. The number of hydrogen-bond donors (Lipinski definition) is 0. The van der Waals surface area contributed by atoms with Gasteiger partial charge in [0.05, 0.1) is 0 Å². The van der Waals surface area contributed by atoms with Crippen molar-refractivity contribution >= 4 is 23.5 Å². The first-order valence-corrected chi connectivity index (χ1v) is 8.09. The molecule has 0 aliphatic carbocycles. The molecule has 3 aliphatic rings. The third kappa shape index (κ3) is 2.05. The number of aryl methyl sites for hydroxylation is 2. The summed E-state index contributed by atoms with van der Waals surface area (Å²) in [6.45, 7) is 4.24. The zero-order valence-electron chi connectivity index (χ0n) is 13.2. The molecule has 4 rings (SSSR count). The lowest BCUT2D eigenvalue weighted by atomic mass is 9.90. The predicted molar refractivity (Wildman–Crippen MR) is 89.2 cm³/mol. The SMILES string of the molecule is CC1=N/C(=C\c2cc3c4c(c2)CCCN4CCC3)C(=O)N1C. The number of aliphatic imine (C=N–C) groups is 1. The average molecular weight is 295 g/mol. The Morgan fingerprint density at radius 3 is 2.32 bits per heavy atom. The molecule has 0 fully saturated rings. The Hall–Kier alpha value is -2.10. The molecule has 1 aromatic carbocycles. The van der Waals surface area contributed by atoms with E-state index in [4.69, 9.17) is 0 Å². The molecule has 0 radical (unpaired) electrons. The lowest BCUT2D eigenvalue weighted by Crippen LogP contribution is -2.34. The number of rotatable bonds is 1. The number of nitrogens with zero attached hydrogens (tertiary/aromatic N) is 3. The maximum atomic E-state index is 12.2. The fraction of sp³-hybridized carbons (Fsp3) is 0.444. The van der Waals surface area contributed by atoms with Crippen LogP contribution in [0.3, 0.4) is 0 Å². The second kappa shape index (κ2) is 4.97. The number of likely N-dealkylation sites (N-methyl/N-ethyl adjacent to an activating group) is 1. The molecule has 0 saturated carbocycles. The van der Waals surface area contributed by atoms with Gasteiger partial charge >= 0.3 is 0 Å². The van der Waals surface area contributed by atoms with E-state index in [9.17, 15) is 4.79 Å². The molecule has 0 bridgehead atoms. The van der Waals surface area contributed by atoms with Crippen molar-refractivity contribution < 1.29 is 4.79 Å². The molecule has 0 spiro atoms. The number of anilines is 1. The van der Waals surface area contributed by atoms with Crippen LogP contribution in [0.4, 0.5) is 5.69 Å². The topological polar surface area (TPSA) is 35.9 Å². The molecule has 3 aliphatic heterocycles. The van der Waals surface area contributed by atoms with Crippen molar-refractivity contribution in [3.05, 3.63) is 34.5 Å². The van der Waals surface area contributed by atoms with E-state index >= 15 is 0 Å². The average Bonchev–Trinajstić information content (AvgIpc) is 2.75. The Bertz CT molecular complexity index is 686. The molecular weight excluding hydrogens is 274 g/mol. The van der Waals surface area contributed by atoms with Crippen molar-refractivity contribution in [3.63, 3.8) is 0 Å². The summed E-state index contributed by atoms with van der Waals surface area (Å²) < 4.78 is 0. The van der Waals surface area contributed by atoms with Gasteiger partial charge in [-0.3, -0.25) is 9.69 Å². The Morgan fingerprint density at radius 2 is 1.77 bits per heavy atom. The van der Waals surface area contributed by atoms with Crippen LogP contribution in [0.15, 0.2) is 22.8 Å². The Kier molecular flexibility index (Phi) is 3.06. The monoisotopic (exact) mass is 295 g/mol. The van der Waals surface area contributed by atoms with Gasteiger partial charge in [0, 0.05) is 25.8 Å². The van der Waals surface area contributed by atoms with E-state index in [0.29, 0.717) is 5.70 Å². The first-order valence-electron chi connectivity index (χ1n) is 8.09. The van der Waals surface area contributed by atoms with Crippen LogP contribution >= 0.6 is 0 Å². The molecule has 3 heterocycles. The van der Waals surface area contributed by atoms with Gasteiger partial charge in [0.1, 0.15) is 11.5 Å². The van der Waals surface area contributed by atoms with E-state index < -0.39 is 0 Å². The van der Waals surface area contributed by atoms with Crippen LogP contribution in [0.25, 0.3) is 6.08 Å². The molecule has 114 valence electrons. The summed E-state index contributed by atoms with van der Waals surface area (Å²) in [4.78, 5) is 20.7. The van der Waals surface area contributed by atoms with Gasteiger partial charge < -0.3 is 4.90 Å². The molecule has 4 heteroatoms. The van der Waals surface area contributed by atoms with Crippen molar-refractivity contribution in [1.29, 1.82) is 0 Å². The maximum Gasteiger partial charge on any atom is 0.277 e. The van der Waals surface area contributed by atoms with Crippen LogP contribution in [-0.2, 0) is 17.6 Å². The standard InChI is InChI=1S/C18H21N3O/c1-12-19-16(18(22)20(12)2)11-13-9-14-5-3-7-21-8-4-6-15(10-13)17(14)21/h9-11H,3-8H2,1-2H3/b16-11-. The van der Waals surface area contributed by atoms with Crippen molar-refractivity contribution in [1.82, 2.24) is 4.90 Å². The van der Waals surface area contributed by atoms with E-state index in [1.54, 1.807) is 11.9 Å². The van der Waals surface area contributed by atoms with Crippen LogP contribution in [0, 0.1) is 0 Å². The van der Waals surface area contributed by atoms with Gasteiger partial charge in [0.25, 0.3) is 5.91 Å². The molecule has 0 N–H and O–H groups in total. The minimum Gasteiger partial charge on any atom is -0.371 e. The predicted octanol–water partition coefficient (Wildman–Crippen LogP) is 2.62. The summed E-state index contributed by atoms with van der Waals surface area (Å²) in [5.74, 6) is 0.757. The van der Waals surface area contributed by atoms with Crippen molar-refractivity contribution in [3.8, 4) is 0 Å². The van der Waals surface area contributed by atoms with E-state index in [1.165, 1.54) is 42.7 Å². The normalized spacial score (nSPS) is 22.2. The lowest BCUT2D eigenvalue weighted by Gasteiger charge is -2.37. The number of benzene rings is 1. The molecule has 1 aromatic rings. The summed E-state index contributed by atoms with van der Waals surface area (Å²) >= 11 is 0. The van der Waals surface area contributed by atoms with E-state index in [1.807, 2.05) is 13.0 Å². The second-order valence-corrected chi connectivity index (χ2v) is 6.43. The quantitative estimate of drug-likeness (QED) is 0.747. The molecule has 22 heavy (non-hydrogen) atoms. The Morgan fingerprint density at radius 1 is 1.14 bits per heavy atom. The Balaban J connectivity index is 1.77. The number of hydrogen-bond acceptors (Lipinski definition) is 3. The fourth-order valence-electron chi connectivity index (χ4n) is 3.78. The highest BCUT2D eigenvalue weighted by Crippen LogP contribution is 2.36. The summed E-state index contributed by atoms with van der Waals surface area (Å²) in [5, 5.41) is 0. The third-order valence-corrected chi connectivity index (χ3v) is 4.95. The molecule has 0 saturated heterocycles. The number of amides is 1. The number of carbonyl (C=O) groups is 1. The van der Waals surface area contributed by atoms with Crippen molar-refractivity contribution in [2.75, 3.05) is 25.0 Å². The van der Waals surface area contributed by atoms with Gasteiger partial charge in [0.15, 0.2) is 0 Å². The molecule has 0 unspecified atom stereocenters. The highest BCUT2D eigenvalue weighted by atomic mass is 16.2. The molecule has 0 aromatic heterocycles. The van der Waals surface area contributed by atoms with Crippen molar-refractivity contribution in [2.24, 2.45) is 4.99 Å². The lowest BCUT2D eigenvalue weighted by molar-refractivity contribution is -0.121. The molecule has 0 atom stereocenters. The fourth-order valence-corrected chi connectivity index (χ4v) is 3.78. The summed E-state index contributed by atoms with van der Waals surface area (Å²) in [6, 6.07) is 4.50. The van der Waals surface area contributed by atoms with Gasteiger partial charge in [-0.25, -0.2) is 4.99 Å². The Labute approximate surface area is 131 Å². The van der Waals surface area contributed by atoms with Gasteiger partial charge in [-0.05, 0) is 67.5 Å². The molecule has 1 amide bonds. The van der Waals surface area contributed by atoms with E-state index in [-0.39, 0.29) is 5.91 Å². The maximum absolute atomic E-state index is 12.2. The first-order chi connectivity index (χ1) is 10.6. The van der Waals surface area contributed by atoms with Crippen LogP contribution in [0.1, 0.15) is 36.5 Å². The summed E-state index contributed by atoms with van der Waals surface area (Å²) in [7, 11) is 1.77.